The van der Waals surface area contributed by atoms with Gasteiger partial charge < -0.3 is 15.1 Å². The zero-order chi connectivity index (χ0) is 25.2. The molecule has 2 atom stereocenters. The third-order valence-electron chi connectivity index (χ3n) is 7.03. The summed E-state index contributed by atoms with van der Waals surface area (Å²) in [5.74, 6) is -1.41. The lowest BCUT2D eigenvalue weighted by molar-refractivity contribution is 0.0808. The van der Waals surface area contributed by atoms with Crippen LogP contribution in [-0.2, 0) is 9.84 Å². The van der Waals surface area contributed by atoms with Crippen LogP contribution in [0.5, 0.6) is 0 Å². The van der Waals surface area contributed by atoms with Gasteiger partial charge >= 0.3 is 6.03 Å². The van der Waals surface area contributed by atoms with Crippen molar-refractivity contribution in [3.63, 3.8) is 0 Å². The van der Waals surface area contributed by atoms with Gasteiger partial charge in [-0.1, -0.05) is 0 Å². The minimum absolute atomic E-state index is 0.0324. The Kier molecular flexibility index (Phi) is 7.38. The number of rotatable bonds is 7. The van der Waals surface area contributed by atoms with Crippen LogP contribution in [0.4, 0.5) is 19.3 Å². The third kappa shape index (κ3) is 5.63. The van der Waals surface area contributed by atoms with Crippen LogP contribution >= 0.6 is 0 Å². The van der Waals surface area contributed by atoms with Gasteiger partial charge in [-0.2, -0.15) is 5.26 Å². The van der Waals surface area contributed by atoms with E-state index < -0.39 is 21.5 Å². The van der Waals surface area contributed by atoms with Gasteiger partial charge in [0.1, 0.15) is 0 Å². The van der Waals surface area contributed by atoms with Crippen molar-refractivity contribution in [3.05, 3.63) is 59.7 Å². The number of carbonyl (C=O) groups is 1. The lowest BCUT2D eigenvalue weighted by Crippen LogP contribution is -2.54. The van der Waals surface area contributed by atoms with E-state index in [1.807, 2.05) is 6.07 Å². The first kappa shape index (κ1) is 25.1. The monoisotopic (exact) mass is 502 g/mol. The molecule has 10 heteroatoms. The average Bonchev–Trinajstić information content (AvgIpc) is 3.10. The number of hydrogen-bond donors (Lipinski definition) is 1. The number of amides is 2. The molecule has 1 saturated carbocycles. The maximum atomic E-state index is 13.5. The van der Waals surface area contributed by atoms with E-state index in [2.05, 4.69) is 10.2 Å². The van der Waals surface area contributed by atoms with E-state index in [9.17, 15) is 22.0 Å². The van der Waals surface area contributed by atoms with Crippen molar-refractivity contribution in [2.75, 3.05) is 37.8 Å². The number of nitriles is 1. The topological polar surface area (TPSA) is 93.5 Å². The van der Waals surface area contributed by atoms with Crippen molar-refractivity contribution in [2.45, 2.75) is 30.2 Å². The fourth-order valence-corrected chi connectivity index (χ4v) is 6.66. The minimum atomic E-state index is -3.42. The number of urea groups is 1. The van der Waals surface area contributed by atoms with Crippen molar-refractivity contribution in [1.82, 2.24) is 9.80 Å². The normalized spacial score (nSPS) is 21.9. The molecule has 35 heavy (non-hydrogen) atoms. The number of anilines is 1. The second-order valence-corrected chi connectivity index (χ2v) is 11.4. The van der Waals surface area contributed by atoms with Crippen LogP contribution in [0, 0.1) is 34.8 Å². The first-order chi connectivity index (χ1) is 16.7. The molecule has 2 bridgehead atoms. The average molecular weight is 503 g/mol. The predicted molar refractivity (Wildman–Crippen MR) is 127 cm³/mol. The van der Waals surface area contributed by atoms with E-state index in [0.29, 0.717) is 18.5 Å². The molecule has 1 aliphatic carbocycles. The predicted octanol–water partition coefficient (Wildman–Crippen LogP) is 3.87. The Bertz CT molecular complexity index is 1220. The van der Waals surface area contributed by atoms with Gasteiger partial charge in [0.05, 0.1) is 22.3 Å². The largest absolute Gasteiger partial charge is 0.324 e. The van der Waals surface area contributed by atoms with Gasteiger partial charge in [0.15, 0.2) is 21.5 Å². The molecule has 1 N–H and O–H groups in total. The Labute approximate surface area is 204 Å². The first-order valence-corrected chi connectivity index (χ1v) is 13.3. The van der Waals surface area contributed by atoms with E-state index in [4.69, 9.17) is 5.26 Å². The SMILES string of the molecule is CN(C(=O)Nc1ccc(F)c(F)c1)C1C2CCC1CN(CCCS(=O)(=O)c1ccc(C#N)cc1)C2. The number of fused-ring (bicyclic) bond motifs is 2. The van der Waals surface area contributed by atoms with E-state index in [1.54, 1.807) is 11.9 Å². The fraction of sp³-hybridized carbons (Fsp3) is 0.440. The molecule has 1 saturated heterocycles. The number of sulfone groups is 1. The zero-order valence-corrected chi connectivity index (χ0v) is 20.3. The van der Waals surface area contributed by atoms with Gasteiger partial charge in [0, 0.05) is 37.9 Å². The molecule has 0 spiro atoms. The third-order valence-corrected chi connectivity index (χ3v) is 8.84. The van der Waals surface area contributed by atoms with Crippen molar-refractivity contribution >= 4 is 21.6 Å². The van der Waals surface area contributed by atoms with Crippen molar-refractivity contribution in [1.29, 1.82) is 5.26 Å². The summed E-state index contributed by atoms with van der Waals surface area (Å²) in [5.41, 5.74) is 0.625. The summed E-state index contributed by atoms with van der Waals surface area (Å²) in [5, 5.41) is 11.5. The Morgan fingerprint density at radius 3 is 2.37 bits per heavy atom. The molecule has 2 aliphatic rings. The number of likely N-dealkylation sites (tertiary alicyclic amines) is 1. The summed E-state index contributed by atoms with van der Waals surface area (Å²) in [7, 11) is -1.69. The summed E-state index contributed by atoms with van der Waals surface area (Å²) < 4.78 is 51.9. The van der Waals surface area contributed by atoms with Crippen LogP contribution in [0.1, 0.15) is 24.8 Å². The summed E-state index contributed by atoms with van der Waals surface area (Å²) >= 11 is 0. The van der Waals surface area contributed by atoms with Crippen LogP contribution in [-0.4, -0.2) is 62.7 Å². The highest BCUT2D eigenvalue weighted by Crippen LogP contribution is 2.40. The van der Waals surface area contributed by atoms with Crippen LogP contribution in [0.15, 0.2) is 47.4 Å². The molecule has 0 aromatic heterocycles. The van der Waals surface area contributed by atoms with Crippen LogP contribution < -0.4 is 5.32 Å². The maximum Gasteiger partial charge on any atom is 0.321 e. The molecule has 1 heterocycles. The molecule has 2 unspecified atom stereocenters. The number of halogens is 2. The molecule has 7 nitrogen and oxygen atoms in total. The van der Waals surface area contributed by atoms with E-state index in [0.717, 1.165) is 38.1 Å². The number of piperidine rings is 1. The number of hydrogen-bond acceptors (Lipinski definition) is 5. The van der Waals surface area contributed by atoms with Crippen molar-refractivity contribution in [3.8, 4) is 6.07 Å². The molecule has 2 fully saturated rings. The van der Waals surface area contributed by atoms with Gasteiger partial charge in [0.25, 0.3) is 0 Å². The number of nitrogens with one attached hydrogen (secondary N) is 1. The lowest BCUT2D eigenvalue weighted by atomic mass is 9.91. The molecule has 186 valence electrons. The van der Waals surface area contributed by atoms with Crippen LogP contribution in [0.3, 0.4) is 0 Å². The van der Waals surface area contributed by atoms with E-state index >= 15 is 0 Å². The lowest BCUT2D eigenvalue weighted by Gasteiger charge is -2.42. The molecule has 2 amide bonds. The molecule has 4 rings (SSSR count). The molecule has 1 aliphatic heterocycles. The summed E-state index contributed by atoms with van der Waals surface area (Å²) in [6.07, 6.45) is 2.47. The molecule has 2 aromatic carbocycles. The number of benzene rings is 2. The van der Waals surface area contributed by atoms with Gasteiger partial charge in [-0.05, 0) is 74.0 Å². The molecule has 2 aromatic rings. The van der Waals surface area contributed by atoms with Crippen LogP contribution in [0.2, 0.25) is 0 Å². The van der Waals surface area contributed by atoms with Gasteiger partial charge in [0.2, 0.25) is 0 Å². The number of carbonyl (C=O) groups excluding carboxylic acids is 1. The van der Waals surface area contributed by atoms with Gasteiger partial charge in [-0.15, -0.1) is 0 Å². The van der Waals surface area contributed by atoms with Crippen molar-refractivity contribution < 1.29 is 22.0 Å². The highest BCUT2D eigenvalue weighted by molar-refractivity contribution is 7.91. The Morgan fingerprint density at radius 1 is 1.11 bits per heavy atom. The van der Waals surface area contributed by atoms with E-state index in [-0.39, 0.29) is 40.2 Å². The summed E-state index contributed by atoms with van der Waals surface area (Å²) in [4.78, 5) is 16.9. The zero-order valence-electron chi connectivity index (χ0n) is 19.5. The Hall–Kier alpha value is -3.03. The number of nitrogens with zero attached hydrogens (tertiary/aromatic N) is 3. The van der Waals surface area contributed by atoms with Crippen molar-refractivity contribution in [2.24, 2.45) is 11.8 Å². The highest BCUT2D eigenvalue weighted by atomic mass is 32.2. The Balaban J connectivity index is 1.30. The standard InChI is InChI=1S/C25H28F2N4O3S/c1-30(25(32)29-20-7-10-22(26)23(27)13-20)24-18-5-6-19(24)16-31(15-18)11-2-12-35(33,34)21-8-3-17(14-28)4-9-21/h3-4,7-10,13,18-19,24H,2,5-6,11-12,15-16H2,1H3,(H,29,32). The molecule has 0 radical (unpaired) electrons. The molecular weight excluding hydrogens is 474 g/mol. The van der Waals surface area contributed by atoms with Crippen LogP contribution in [0.25, 0.3) is 0 Å². The highest BCUT2D eigenvalue weighted by Gasteiger charge is 2.45. The summed E-state index contributed by atoms with van der Waals surface area (Å²) in [6.45, 7) is 2.21. The second kappa shape index (κ2) is 10.3. The second-order valence-electron chi connectivity index (χ2n) is 9.33. The van der Waals surface area contributed by atoms with E-state index in [1.165, 1.54) is 30.3 Å². The smallest absolute Gasteiger partial charge is 0.321 e. The maximum absolute atomic E-state index is 13.5. The summed E-state index contributed by atoms with van der Waals surface area (Å²) in [6, 6.07) is 10.9. The minimum Gasteiger partial charge on any atom is -0.324 e. The Morgan fingerprint density at radius 2 is 1.77 bits per heavy atom. The van der Waals surface area contributed by atoms with Gasteiger partial charge in [-0.25, -0.2) is 22.0 Å². The van der Waals surface area contributed by atoms with Gasteiger partial charge in [-0.3, -0.25) is 0 Å². The molecular formula is C25H28F2N4O3S. The fourth-order valence-electron chi connectivity index (χ4n) is 5.36. The first-order valence-electron chi connectivity index (χ1n) is 11.6. The quantitative estimate of drug-likeness (QED) is 0.620.